The van der Waals surface area contributed by atoms with E-state index in [9.17, 15) is 0 Å². The molecule has 0 aliphatic carbocycles. The van der Waals surface area contributed by atoms with Crippen molar-refractivity contribution >= 4 is 5.69 Å². The summed E-state index contributed by atoms with van der Waals surface area (Å²) in [5.41, 5.74) is 3.03. The summed E-state index contributed by atoms with van der Waals surface area (Å²) in [5.74, 6) is 0. The van der Waals surface area contributed by atoms with Crippen LogP contribution in [-0.4, -0.2) is 25.7 Å². The van der Waals surface area contributed by atoms with Crippen molar-refractivity contribution in [2.45, 2.75) is 25.3 Å². The molecule has 1 saturated heterocycles. The van der Waals surface area contributed by atoms with Crippen molar-refractivity contribution in [2.75, 3.05) is 24.5 Å². The van der Waals surface area contributed by atoms with Gasteiger partial charge in [-0.3, -0.25) is 0 Å². The summed E-state index contributed by atoms with van der Waals surface area (Å²) >= 11 is 0. The number of nitrogens with one attached hydrogen (secondary N) is 1. The maximum absolute atomic E-state index is 3.44. The lowest BCUT2D eigenvalue weighted by Crippen LogP contribution is -2.42. The van der Waals surface area contributed by atoms with Gasteiger partial charge in [0.2, 0.25) is 0 Å². The van der Waals surface area contributed by atoms with E-state index in [1.54, 1.807) is 0 Å². The molecule has 0 atom stereocenters. The zero-order valence-electron chi connectivity index (χ0n) is 9.08. The van der Waals surface area contributed by atoms with Crippen LogP contribution in [-0.2, 0) is 6.42 Å². The second-order valence-electron chi connectivity index (χ2n) is 4.55. The van der Waals surface area contributed by atoms with E-state index in [0.29, 0.717) is 0 Å². The molecule has 2 aliphatic rings. The second-order valence-corrected chi connectivity index (χ2v) is 4.55. The Balaban J connectivity index is 1.83. The van der Waals surface area contributed by atoms with Crippen molar-refractivity contribution in [1.29, 1.82) is 0 Å². The number of fused-ring (bicyclic) bond motifs is 1. The van der Waals surface area contributed by atoms with Crippen LogP contribution in [0.5, 0.6) is 0 Å². The molecule has 1 fully saturated rings. The maximum Gasteiger partial charge on any atom is 0.0402 e. The molecule has 2 nitrogen and oxygen atoms in total. The number of benzene rings is 1. The third-order valence-electron chi connectivity index (χ3n) is 3.67. The standard InChI is InChI=1S/C13H18N2/c1-2-4-13-11(3-1)7-10-15(13)12-5-8-14-9-6-12/h1-4,12,14H,5-10H2. The fraction of sp³-hybridized carbons (Fsp3) is 0.538. The topological polar surface area (TPSA) is 15.3 Å². The first kappa shape index (κ1) is 9.22. The quantitative estimate of drug-likeness (QED) is 0.747. The van der Waals surface area contributed by atoms with Gasteiger partial charge in [0, 0.05) is 18.3 Å². The van der Waals surface area contributed by atoms with Gasteiger partial charge in [0.05, 0.1) is 0 Å². The SMILES string of the molecule is c1ccc2c(c1)CCN2C1CCNCC1. The van der Waals surface area contributed by atoms with E-state index in [0.717, 1.165) is 6.04 Å². The molecule has 0 amide bonds. The van der Waals surface area contributed by atoms with E-state index >= 15 is 0 Å². The molecule has 0 spiro atoms. The number of piperidine rings is 1. The fourth-order valence-corrected chi connectivity index (χ4v) is 2.86. The van der Waals surface area contributed by atoms with Crippen LogP contribution in [0.2, 0.25) is 0 Å². The lowest BCUT2D eigenvalue weighted by molar-refractivity contribution is 0.435. The Morgan fingerprint density at radius 3 is 2.80 bits per heavy atom. The van der Waals surface area contributed by atoms with Gasteiger partial charge in [-0.1, -0.05) is 18.2 Å². The molecular weight excluding hydrogens is 184 g/mol. The summed E-state index contributed by atoms with van der Waals surface area (Å²) in [6, 6.07) is 9.65. The number of hydrogen-bond donors (Lipinski definition) is 1. The highest BCUT2D eigenvalue weighted by Crippen LogP contribution is 2.31. The Bertz CT molecular complexity index is 342. The molecule has 0 unspecified atom stereocenters. The van der Waals surface area contributed by atoms with Crippen LogP contribution < -0.4 is 10.2 Å². The summed E-state index contributed by atoms with van der Waals surface area (Å²) in [5, 5.41) is 3.44. The lowest BCUT2D eigenvalue weighted by atomic mass is 10.0. The van der Waals surface area contributed by atoms with Crippen LogP contribution in [0.4, 0.5) is 5.69 Å². The number of para-hydroxylation sites is 1. The first-order valence-corrected chi connectivity index (χ1v) is 6.00. The summed E-state index contributed by atoms with van der Waals surface area (Å²) in [7, 11) is 0. The highest BCUT2D eigenvalue weighted by molar-refractivity contribution is 5.58. The number of anilines is 1. The fourth-order valence-electron chi connectivity index (χ4n) is 2.86. The average molecular weight is 202 g/mol. The second kappa shape index (κ2) is 3.86. The molecule has 3 rings (SSSR count). The van der Waals surface area contributed by atoms with Gasteiger partial charge < -0.3 is 10.2 Å². The third kappa shape index (κ3) is 1.63. The van der Waals surface area contributed by atoms with E-state index in [2.05, 4.69) is 34.5 Å². The van der Waals surface area contributed by atoms with E-state index in [-0.39, 0.29) is 0 Å². The van der Waals surface area contributed by atoms with Gasteiger partial charge in [0.15, 0.2) is 0 Å². The molecule has 2 heteroatoms. The first-order chi connectivity index (χ1) is 7.45. The van der Waals surface area contributed by atoms with Crippen LogP contribution in [0.25, 0.3) is 0 Å². The number of hydrogen-bond acceptors (Lipinski definition) is 2. The molecule has 1 aromatic rings. The molecule has 1 aromatic carbocycles. The molecule has 0 aromatic heterocycles. The van der Waals surface area contributed by atoms with Gasteiger partial charge in [-0.15, -0.1) is 0 Å². The van der Waals surface area contributed by atoms with Crippen LogP contribution in [0, 0.1) is 0 Å². The molecule has 80 valence electrons. The summed E-state index contributed by atoms with van der Waals surface area (Å²) < 4.78 is 0. The van der Waals surface area contributed by atoms with Gasteiger partial charge in [-0.25, -0.2) is 0 Å². The summed E-state index contributed by atoms with van der Waals surface area (Å²) in [6.07, 6.45) is 3.84. The smallest absolute Gasteiger partial charge is 0.0402 e. The average Bonchev–Trinajstić information content (AvgIpc) is 2.74. The van der Waals surface area contributed by atoms with Gasteiger partial charge in [0.25, 0.3) is 0 Å². The Morgan fingerprint density at radius 1 is 1.13 bits per heavy atom. The normalized spacial score (nSPS) is 21.7. The Morgan fingerprint density at radius 2 is 1.93 bits per heavy atom. The van der Waals surface area contributed by atoms with Crippen molar-refractivity contribution < 1.29 is 0 Å². The van der Waals surface area contributed by atoms with E-state index in [1.165, 1.54) is 50.1 Å². The highest BCUT2D eigenvalue weighted by atomic mass is 15.2. The predicted molar refractivity (Wildman–Crippen MR) is 63.4 cm³/mol. The zero-order chi connectivity index (χ0) is 10.1. The minimum atomic E-state index is 0.773. The molecular formula is C13H18N2. The maximum atomic E-state index is 3.44. The van der Waals surface area contributed by atoms with Gasteiger partial charge >= 0.3 is 0 Å². The molecule has 2 heterocycles. The molecule has 0 saturated carbocycles. The number of nitrogens with zero attached hydrogens (tertiary/aromatic N) is 1. The van der Waals surface area contributed by atoms with Crippen molar-refractivity contribution in [2.24, 2.45) is 0 Å². The molecule has 15 heavy (non-hydrogen) atoms. The van der Waals surface area contributed by atoms with Gasteiger partial charge in [-0.05, 0) is 44.0 Å². The minimum Gasteiger partial charge on any atom is -0.368 e. The Kier molecular flexibility index (Phi) is 2.37. The van der Waals surface area contributed by atoms with Crippen molar-refractivity contribution in [1.82, 2.24) is 5.32 Å². The summed E-state index contributed by atoms with van der Waals surface area (Å²) in [6.45, 7) is 3.59. The zero-order valence-corrected chi connectivity index (χ0v) is 9.08. The lowest BCUT2D eigenvalue weighted by Gasteiger charge is -2.33. The van der Waals surface area contributed by atoms with Gasteiger partial charge in [0.1, 0.15) is 0 Å². The third-order valence-corrected chi connectivity index (χ3v) is 3.67. The minimum absolute atomic E-state index is 0.773. The van der Waals surface area contributed by atoms with E-state index < -0.39 is 0 Å². The Hall–Kier alpha value is -1.02. The number of rotatable bonds is 1. The largest absolute Gasteiger partial charge is 0.368 e. The van der Waals surface area contributed by atoms with E-state index in [4.69, 9.17) is 0 Å². The van der Waals surface area contributed by atoms with Crippen LogP contribution >= 0.6 is 0 Å². The molecule has 2 aliphatic heterocycles. The van der Waals surface area contributed by atoms with Crippen LogP contribution in [0.3, 0.4) is 0 Å². The van der Waals surface area contributed by atoms with E-state index in [1.807, 2.05) is 0 Å². The molecule has 1 N–H and O–H groups in total. The monoisotopic (exact) mass is 202 g/mol. The predicted octanol–water partition coefficient (Wildman–Crippen LogP) is 1.80. The van der Waals surface area contributed by atoms with Gasteiger partial charge in [-0.2, -0.15) is 0 Å². The highest BCUT2D eigenvalue weighted by Gasteiger charge is 2.26. The van der Waals surface area contributed by atoms with Crippen molar-refractivity contribution in [3.8, 4) is 0 Å². The van der Waals surface area contributed by atoms with Crippen LogP contribution in [0.1, 0.15) is 18.4 Å². The van der Waals surface area contributed by atoms with Crippen molar-refractivity contribution in [3.05, 3.63) is 29.8 Å². The van der Waals surface area contributed by atoms with Crippen molar-refractivity contribution in [3.63, 3.8) is 0 Å². The first-order valence-electron chi connectivity index (χ1n) is 6.00. The molecule has 0 bridgehead atoms. The summed E-state index contributed by atoms with van der Waals surface area (Å²) in [4.78, 5) is 2.62. The molecule has 0 radical (unpaired) electrons. The Labute approximate surface area is 91.3 Å². The van der Waals surface area contributed by atoms with Crippen LogP contribution in [0.15, 0.2) is 24.3 Å².